The van der Waals surface area contributed by atoms with Crippen molar-refractivity contribution >= 4 is 28.5 Å². The number of benzene rings is 2. The summed E-state index contributed by atoms with van der Waals surface area (Å²) in [4.78, 5) is 35.5. The summed E-state index contributed by atoms with van der Waals surface area (Å²) in [5, 5.41) is 23.9. The third-order valence-corrected chi connectivity index (χ3v) is 4.24. The minimum atomic E-state index is -0.697. The van der Waals surface area contributed by atoms with E-state index < -0.39 is 17.7 Å². The van der Waals surface area contributed by atoms with Crippen LogP contribution in [0.3, 0.4) is 0 Å². The second-order valence-corrected chi connectivity index (χ2v) is 8.45. The molecular formula is C26H41N3O5. The topological polar surface area (TPSA) is 128 Å². The van der Waals surface area contributed by atoms with E-state index >= 15 is 0 Å². The summed E-state index contributed by atoms with van der Waals surface area (Å²) in [7, 11) is 0. The van der Waals surface area contributed by atoms with Gasteiger partial charge in [-0.25, -0.2) is 5.48 Å². The maximum atomic E-state index is 12.4. The maximum absolute atomic E-state index is 12.4. The van der Waals surface area contributed by atoms with Crippen molar-refractivity contribution in [2.45, 2.75) is 53.9 Å². The summed E-state index contributed by atoms with van der Waals surface area (Å²) >= 11 is 0. The van der Waals surface area contributed by atoms with Crippen LogP contribution in [0.1, 0.15) is 53.0 Å². The van der Waals surface area contributed by atoms with Gasteiger partial charge in [-0.3, -0.25) is 19.6 Å². The Morgan fingerprint density at radius 1 is 0.912 bits per heavy atom. The average molecular weight is 476 g/mol. The Morgan fingerprint density at radius 2 is 1.50 bits per heavy atom. The molecule has 0 aromatic heterocycles. The van der Waals surface area contributed by atoms with Gasteiger partial charge in [-0.1, -0.05) is 70.2 Å². The minimum Gasteiger partial charge on any atom is -0.396 e. The van der Waals surface area contributed by atoms with Gasteiger partial charge >= 0.3 is 0 Å². The lowest BCUT2D eigenvalue weighted by Gasteiger charge is -2.16. The number of hydrogen-bond donors (Lipinski definition) is 5. The number of likely N-dealkylation sites (N-methyl/N-ethyl adjacent to an activating group) is 1. The molecule has 5 N–H and O–H groups in total. The molecule has 0 aliphatic heterocycles. The highest BCUT2D eigenvalue weighted by Gasteiger charge is 2.23. The molecule has 0 heterocycles. The van der Waals surface area contributed by atoms with E-state index in [-0.39, 0.29) is 18.9 Å². The number of fused-ring (bicyclic) bond motifs is 1. The first-order chi connectivity index (χ1) is 16.2. The van der Waals surface area contributed by atoms with Crippen LogP contribution in [0.5, 0.6) is 0 Å². The van der Waals surface area contributed by atoms with Crippen molar-refractivity contribution in [3.63, 3.8) is 0 Å². The summed E-state index contributed by atoms with van der Waals surface area (Å²) in [6, 6.07) is 13.7. The second-order valence-electron chi connectivity index (χ2n) is 8.45. The lowest BCUT2D eigenvalue weighted by molar-refractivity contribution is -0.135. The van der Waals surface area contributed by atoms with Gasteiger partial charge in [-0.2, -0.15) is 0 Å². The van der Waals surface area contributed by atoms with Crippen LogP contribution in [0.15, 0.2) is 42.5 Å². The molecule has 0 bridgehead atoms. The van der Waals surface area contributed by atoms with Gasteiger partial charge in [-0.15, -0.1) is 0 Å². The van der Waals surface area contributed by atoms with Crippen molar-refractivity contribution < 1.29 is 24.7 Å². The van der Waals surface area contributed by atoms with Crippen molar-refractivity contribution in [2.24, 2.45) is 11.8 Å². The molecule has 0 saturated heterocycles. The van der Waals surface area contributed by atoms with E-state index in [1.54, 1.807) is 12.4 Å². The zero-order valence-corrected chi connectivity index (χ0v) is 21.1. The van der Waals surface area contributed by atoms with Crippen LogP contribution in [-0.4, -0.2) is 47.7 Å². The van der Waals surface area contributed by atoms with Crippen molar-refractivity contribution in [1.82, 2.24) is 16.1 Å². The number of amides is 3. The number of aliphatic hydroxyl groups excluding tert-OH is 1. The summed E-state index contributed by atoms with van der Waals surface area (Å²) in [5.41, 5.74) is 2.45. The predicted molar refractivity (Wildman–Crippen MR) is 135 cm³/mol. The molecule has 0 spiro atoms. The standard InChI is InChI=1S/C19H23N3O4.C4H10.C3H8O/c1-2-20-18(24)12-21-19(25)16(11-17(23)22-26)10-13-7-8-14-5-3-4-6-15(14)9-13;1-4(2)3;1-2-3-4/h3-9,16,26H,2,10-12H2,1H3,(H,20,24)(H,21,25)(H,22,23);4H,1-3H3;4H,2-3H2,1H3. The van der Waals surface area contributed by atoms with Crippen LogP contribution in [0.2, 0.25) is 0 Å². The smallest absolute Gasteiger partial charge is 0.244 e. The summed E-state index contributed by atoms with van der Waals surface area (Å²) in [5.74, 6) is -1.22. The Hall–Kier alpha value is -2.97. The molecule has 0 saturated carbocycles. The van der Waals surface area contributed by atoms with E-state index in [1.807, 2.05) is 49.4 Å². The van der Waals surface area contributed by atoms with Crippen LogP contribution < -0.4 is 16.1 Å². The molecule has 0 fully saturated rings. The van der Waals surface area contributed by atoms with Crippen LogP contribution >= 0.6 is 0 Å². The van der Waals surface area contributed by atoms with Gasteiger partial charge < -0.3 is 15.7 Å². The quantitative estimate of drug-likeness (QED) is 0.281. The lowest BCUT2D eigenvalue weighted by atomic mass is 9.93. The Morgan fingerprint density at radius 3 is 2.03 bits per heavy atom. The molecule has 0 radical (unpaired) electrons. The molecule has 34 heavy (non-hydrogen) atoms. The Balaban J connectivity index is 0.00000118. The number of rotatable bonds is 9. The van der Waals surface area contributed by atoms with Crippen LogP contribution in [0, 0.1) is 11.8 Å². The normalized spacial score (nSPS) is 10.8. The third kappa shape index (κ3) is 14.2. The number of hydrogen-bond acceptors (Lipinski definition) is 5. The number of carbonyl (C=O) groups excluding carboxylic acids is 3. The lowest BCUT2D eigenvalue weighted by Crippen LogP contribution is -2.41. The molecule has 2 aromatic carbocycles. The largest absolute Gasteiger partial charge is 0.396 e. The fourth-order valence-corrected chi connectivity index (χ4v) is 2.75. The van der Waals surface area contributed by atoms with E-state index in [0.29, 0.717) is 19.6 Å². The van der Waals surface area contributed by atoms with Gasteiger partial charge in [0.2, 0.25) is 17.7 Å². The van der Waals surface area contributed by atoms with E-state index in [2.05, 4.69) is 31.4 Å². The number of aliphatic hydroxyl groups is 1. The van der Waals surface area contributed by atoms with Crippen molar-refractivity contribution in [3.05, 3.63) is 48.0 Å². The summed E-state index contributed by atoms with van der Waals surface area (Å²) in [6.07, 6.45) is 1.02. The molecule has 2 rings (SSSR count). The molecule has 3 amide bonds. The molecule has 1 atom stereocenters. The van der Waals surface area contributed by atoms with Gasteiger partial charge in [0.1, 0.15) is 0 Å². The number of hydroxylamine groups is 1. The number of nitrogens with one attached hydrogen (secondary N) is 3. The van der Waals surface area contributed by atoms with E-state index in [1.165, 1.54) is 0 Å². The first-order valence-corrected chi connectivity index (χ1v) is 11.7. The first-order valence-electron chi connectivity index (χ1n) is 11.7. The van der Waals surface area contributed by atoms with Gasteiger partial charge in [0.05, 0.1) is 12.5 Å². The van der Waals surface area contributed by atoms with Crippen LogP contribution in [-0.2, 0) is 20.8 Å². The molecule has 8 nitrogen and oxygen atoms in total. The monoisotopic (exact) mass is 475 g/mol. The minimum absolute atomic E-state index is 0.151. The third-order valence-electron chi connectivity index (χ3n) is 4.24. The highest BCUT2D eigenvalue weighted by Crippen LogP contribution is 2.19. The molecule has 0 aliphatic rings. The van der Waals surface area contributed by atoms with Gasteiger partial charge in [0, 0.05) is 19.6 Å². The van der Waals surface area contributed by atoms with Crippen molar-refractivity contribution in [3.8, 4) is 0 Å². The Labute approximate surface area is 203 Å². The molecule has 190 valence electrons. The average Bonchev–Trinajstić information content (AvgIpc) is 2.82. The number of carbonyl (C=O) groups is 3. The second kappa shape index (κ2) is 18.5. The van der Waals surface area contributed by atoms with Crippen LogP contribution in [0.25, 0.3) is 10.8 Å². The molecule has 8 heteroatoms. The van der Waals surface area contributed by atoms with Crippen LogP contribution in [0.4, 0.5) is 0 Å². The van der Waals surface area contributed by atoms with Gasteiger partial charge in [0.25, 0.3) is 0 Å². The highest BCUT2D eigenvalue weighted by atomic mass is 16.5. The Bertz CT molecular complexity index is 866. The maximum Gasteiger partial charge on any atom is 0.244 e. The fourth-order valence-electron chi connectivity index (χ4n) is 2.75. The zero-order chi connectivity index (χ0) is 25.9. The molecule has 0 aliphatic carbocycles. The molecular weight excluding hydrogens is 434 g/mol. The zero-order valence-electron chi connectivity index (χ0n) is 21.1. The predicted octanol–water partition coefficient (Wildman–Crippen LogP) is 3.20. The molecule has 1 unspecified atom stereocenters. The van der Waals surface area contributed by atoms with E-state index in [0.717, 1.165) is 28.7 Å². The molecule has 2 aromatic rings. The fraction of sp³-hybridized carbons (Fsp3) is 0.500. The van der Waals surface area contributed by atoms with E-state index in [4.69, 9.17) is 10.3 Å². The van der Waals surface area contributed by atoms with Gasteiger partial charge in [0.15, 0.2) is 0 Å². The Kier molecular flexibility index (Phi) is 16.8. The van der Waals surface area contributed by atoms with E-state index in [9.17, 15) is 14.4 Å². The summed E-state index contributed by atoms with van der Waals surface area (Å²) in [6.45, 7) is 10.9. The van der Waals surface area contributed by atoms with Crippen molar-refractivity contribution in [1.29, 1.82) is 0 Å². The van der Waals surface area contributed by atoms with Gasteiger partial charge in [-0.05, 0) is 42.0 Å². The summed E-state index contributed by atoms with van der Waals surface area (Å²) < 4.78 is 0. The highest BCUT2D eigenvalue weighted by molar-refractivity contribution is 5.89. The first kappa shape index (κ1) is 31.0. The van der Waals surface area contributed by atoms with Crippen molar-refractivity contribution in [2.75, 3.05) is 19.7 Å². The SMILES string of the molecule is CC(C)C.CCCO.CCNC(=O)CNC(=O)C(CC(=O)NO)Cc1ccc2ccccc2c1.